The molecular formula is C21H26N2O3. The van der Waals surface area contributed by atoms with Crippen molar-refractivity contribution >= 4 is 23.3 Å². The van der Waals surface area contributed by atoms with E-state index in [-0.39, 0.29) is 12.5 Å². The van der Waals surface area contributed by atoms with Gasteiger partial charge in [0.25, 0.3) is 5.91 Å². The number of benzene rings is 2. The highest BCUT2D eigenvalue weighted by atomic mass is 16.5. The quantitative estimate of drug-likeness (QED) is 0.731. The van der Waals surface area contributed by atoms with Crippen LogP contribution >= 0.6 is 0 Å². The van der Waals surface area contributed by atoms with Crippen molar-refractivity contribution in [1.82, 2.24) is 0 Å². The summed E-state index contributed by atoms with van der Waals surface area (Å²) in [5, 5.41) is 2.73. The summed E-state index contributed by atoms with van der Waals surface area (Å²) in [5.74, 6) is -0.870. The third kappa shape index (κ3) is 5.92. The summed E-state index contributed by atoms with van der Waals surface area (Å²) >= 11 is 0. The molecule has 0 aliphatic heterocycles. The lowest BCUT2D eigenvalue weighted by molar-refractivity contribution is -0.119. The Hall–Kier alpha value is -2.82. The van der Waals surface area contributed by atoms with Crippen LogP contribution in [0.2, 0.25) is 0 Å². The number of nitrogens with zero attached hydrogens (tertiary/aromatic N) is 1. The zero-order valence-corrected chi connectivity index (χ0v) is 15.6. The maximum absolute atomic E-state index is 12.0. The molecule has 0 atom stereocenters. The Morgan fingerprint density at radius 2 is 1.65 bits per heavy atom. The molecule has 1 amide bonds. The molecule has 0 saturated carbocycles. The first-order chi connectivity index (χ1) is 12.5. The van der Waals surface area contributed by atoms with Crippen LogP contribution in [0.25, 0.3) is 0 Å². The van der Waals surface area contributed by atoms with E-state index in [1.165, 1.54) is 5.56 Å². The molecule has 26 heavy (non-hydrogen) atoms. The van der Waals surface area contributed by atoms with Crippen molar-refractivity contribution in [2.75, 3.05) is 30.9 Å². The molecule has 0 fully saturated rings. The number of nitrogens with one attached hydrogen (secondary N) is 1. The van der Waals surface area contributed by atoms with Gasteiger partial charge in [0.15, 0.2) is 6.61 Å². The molecule has 0 heterocycles. The minimum absolute atomic E-state index is 0.314. The number of carbonyl (C=O) groups excluding carboxylic acids is 2. The first-order valence-electron chi connectivity index (χ1n) is 8.83. The number of aryl methyl sites for hydroxylation is 1. The number of carbonyl (C=O) groups is 2. The van der Waals surface area contributed by atoms with Gasteiger partial charge in [0.05, 0.1) is 5.56 Å². The number of hydrogen-bond acceptors (Lipinski definition) is 4. The highest BCUT2D eigenvalue weighted by Gasteiger charge is 2.10. The van der Waals surface area contributed by atoms with Crippen LogP contribution in [0, 0.1) is 0 Å². The molecule has 2 rings (SSSR count). The van der Waals surface area contributed by atoms with Crippen molar-refractivity contribution < 1.29 is 14.3 Å². The zero-order valence-electron chi connectivity index (χ0n) is 15.6. The van der Waals surface area contributed by atoms with E-state index in [4.69, 9.17) is 4.74 Å². The summed E-state index contributed by atoms with van der Waals surface area (Å²) in [7, 11) is 3.85. The molecule has 2 aromatic carbocycles. The number of rotatable bonds is 8. The van der Waals surface area contributed by atoms with Gasteiger partial charge in [0, 0.05) is 25.5 Å². The van der Waals surface area contributed by atoms with Crippen LogP contribution < -0.4 is 10.2 Å². The summed E-state index contributed by atoms with van der Waals surface area (Å²) in [6.07, 6.45) is 3.34. The molecule has 0 aliphatic carbocycles. The fourth-order valence-corrected chi connectivity index (χ4v) is 2.44. The molecule has 0 aliphatic rings. The minimum atomic E-state index is -0.514. The number of unbranched alkanes of at least 4 members (excludes halogenated alkanes) is 1. The van der Waals surface area contributed by atoms with Crippen LogP contribution in [-0.4, -0.2) is 32.6 Å². The lowest BCUT2D eigenvalue weighted by atomic mass is 10.1. The van der Waals surface area contributed by atoms with Gasteiger partial charge < -0.3 is 15.0 Å². The highest BCUT2D eigenvalue weighted by molar-refractivity contribution is 5.95. The highest BCUT2D eigenvalue weighted by Crippen LogP contribution is 2.14. The van der Waals surface area contributed by atoms with Gasteiger partial charge in [-0.05, 0) is 54.8 Å². The number of esters is 1. The zero-order chi connectivity index (χ0) is 18.9. The smallest absolute Gasteiger partial charge is 0.338 e. The SMILES string of the molecule is CCCCc1ccc(NC(=O)COC(=O)c2ccc(N(C)C)cc2)cc1. The maximum atomic E-state index is 12.0. The fraction of sp³-hybridized carbons (Fsp3) is 0.333. The molecule has 138 valence electrons. The Labute approximate surface area is 155 Å². The maximum Gasteiger partial charge on any atom is 0.338 e. The standard InChI is InChI=1S/C21H26N2O3/c1-4-5-6-16-7-11-18(12-8-16)22-20(24)15-26-21(25)17-9-13-19(14-10-17)23(2)3/h7-14H,4-6,15H2,1-3H3,(H,22,24). The van der Waals surface area contributed by atoms with Crippen LogP contribution in [0.1, 0.15) is 35.7 Å². The Bertz CT molecular complexity index is 722. The lowest BCUT2D eigenvalue weighted by Gasteiger charge is -2.12. The summed E-state index contributed by atoms with van der Waals surface area (Å²) in [6, 6.07) is 14.8. The topological polar surface area (TPSA) is 58.6 Å². The molecule has 5 nitrogen and oxygen atoms in total. The molecule has 0 unspecified atom stereocenters. The molecule has 0 saturated heterocycles. The predicted octanol–water partition coefficient (Wildman–Crippen LogP) is 3.89. The molecule has 0 bridgehead atoms. The van der Waals surface area contributed by atoms with Gasteiger partial charge in [-0.1, -0.05) is 25.5 Å². The van der Waals surface area contributed by atoms with Gasteiger partial charge in [-0.15, -0.1) is 0 Å². The number of amides is 1. The fourth-order valence-electron chi connectivity index (χ4n) is 2.44. The van der Waals surface area contributed by atoms with Crippen molar-refractivity contribution in [3.8, 4) is 0 Å². The van der Waals surface area contributed by atoms with Crippen molar-refractivity contribution in [3.63, 3.8) is 0 Å². The van der Waals surface area contributed by atoms with E-state index in [2.05, 4.69) is 12.2 Å². The molecule has 0 aromatic heterocycles. The van der Waals surface area contributed by atoms with E-state index < -0.39 is 5.97 Å². The van der Waals surface area contributed by atoms with Crippen molar-refractivity contribution in [3.05, 3.63) is 59.7 Å². The van der Waals surface area contributed by atoms with Crippen molar-refractivity contribution in [2.24, 2.45) is 0 Å². The monoisotopic (exact) mass is 354 g/mol. The molecule has 5 heteroatoms. The van der Waals surface area contributed by atoms with Crippen LogP contribution in [0.4, 0.5) is 11.4 Å². The predicted molar refractivity (Wildman–Crippen MR) is 105 cm³/mol. The van der Waals surface area contributed by atoms with Gasteiger partial charge in [-0.25, -0.2) is 4.79 Å². The van der Waals surface area contributed by atoms with Crippen LogP contribution in [0.15, 0.2) is 48.5 Å². The molecular weight excluding hydrogens is 328 g/mol. The number of anilines is 2. The van der Waals surface area contributed by atoms with Gasteiger partial charge in [-0.3, -0.25) is 4.79 Å². The molecule has 2 aromatic rings. The average molecular weight is 354 g/mol. The third-order valence-electron chi connectivity index (χ3n) is 4.01. The largest absolute Gasteiger partial charge is 0.452 e. The Morgan fingerprint density at radius 1 is 1.00 bits per heavy atom. The second-order valence-corrected chi connectivity index (χ2v) is 6.37. The van der Waals surface area contributed by atoms with Crippen molar-refractivity contribution in [1.29, 1.82) is 0 Å². The molecule has 0 radical (unpaired) electrons. The van der Waals surface area contributed by atoms with Gasteiger partial charge in [0.2, 0.25) is 0 Å². The van der Waals surface area contributed by atoms with E-state index in [1.54, 1.807) is 12.1 Å². The minimum Gasteiger partial charge on any atom is -0.452 e. The second-order valence-electron chi connectivity index (χ2n) is 6.37. The van der Waals surface area contributed by atoms with E-state index in [0.29, 0.717) is 11.3 Å². The summed E-state index contributed by atoms with van der Waals surface area (Å²) < 4.78 is 5.07. The first-order valence-corrected chi connectivity index (χ1v) is 8.83. The Morgan fingerprint density at radius 3 is 2.23 bits per heavy atom. The number of hydrogen-bond donors (Lipinski definition) is 1. The van der Waals surface area contributed by atoms with Crippen molar-refractivity contribution in [2.45, 2.75) is 26.2 Å². The molecule has 1 N–H and O–H groups in total. The third-order valence-corrected chi connectivity index (χ3v) is 4.01. The number of ether oxygens (including phenoxy) is 1. The van der Waals surface area contributed by atoms with Gasteiger partial charge >= 0.3 is 5.97 Å². The average Bonchev–Trinajstić information content (AvgIpc) is 2.65. The van der Waals surface area contributed by atoms with Gasteiger partial charge in [0.1, 0.15) is 0 Å². The van der Waals surface area contributed by atoms with E-state index in [1.807, 2.05) is 55.4 Å². The van der Waals surface area contributed by atoms with E-state index >= 15 is 0 Å². The normalized spacial score (nSPS) is 10.3. The molecule has 0 spiro atoms. The van der Waals surface area contributed by atoms with E-state index in [0.717, 1.165) is 24.9 Å². The summed E-state index contributed by atoms with van der Waals surface area (Å²) in [5.41, 5.74) is 3.35. The van der Waals surface area contributed by atoms with Gasteiger partial charge in [-0.2, -0.15) is 0 Å². The lowest BCUT2D eigenvalue weighted by Crippen LogP contribution is -2.21. The second kappa shape index (κ2) is 9.61. The summed E-state index contributed by atoms with van der Waals surface area (Å²) in [6.45, 7) is 1.85. The van der Waals surface area contributed by atoms with Crippen LogP contribution in [0.5, 0.6) is 0 Å². The first kappa shape index (κ1) is 19.5. The van der Waals surface area contributed by atoms with E-state index in [9.17, 15) is 9.59 Å². The summed E-state index contributed by atoms with van der Waals surface area (Å²) in [4.78, 5) is 25.9. The van der Waals surface area contributed by atoms with Crippen LogP contribution in [-0.2, 0) is 16.0 Å². The van der Waals surface area contributed by atoms with Crippen LogP contribution in [0.3, 0.4) is 0 Å². The Kier molecular flexibility index (Phi) is 7.21. The Balaban J connectivity index is 1.81.